The van der Waals surface area contributed by atoms with E-state index in [1.54, 1.807) is 19.3 Å². The van der Waals surface area contributed by atoms with Gasteiger partial charge in [0.2, 0.25) is 5.91 Å². The van der Waals surface area contributed by atoms with Crippen LogP contribution in [0.3, 0.4) is 0 Å². The van der Waals surface area contributed by atoms with Crippen molar-refractivity contribution in [3.8, 4) is 11.6 Å². The first-order chi connectivity index (χ1) is 14.2. The first-order valence-electron chi connectivity index (χ1n) is 9.89. The first-order valence-corrected chi connectivity index (χ1v) is 9.89. The first kappa shape index (κ1) is 20.6. The minimum atomic E-state index is -0.305. The second-order valence-corrected chi connectivity index (χ2v) is 6.73. The number of aromatic nitrogens is 2. The number of esters is 1. The van der Waals surface area contributed by atoms with Crippen LogP contribution >= 0.6 is 0 Å². The fourth-order valence-electron chi connectivity index (χ4n) is 3.26. The molecule has 1 atom stereocenters. The molecule has 1 aromatic carbocycles. The fourth-order valence-corrected chi connectivity index (χ4v) is 3.26. The number of para-hydroxylation sites is 1. The highest BCUT2D eigenvalue weighted by atomic mass is 16.5. The number of hydrogen-bond donors (Lipinski definition) is 1. The molecule has 1 saturated heterocycles. The number of hydrogen-bond acceptors (Lipinski definition) is 7. The van der Waals surface area contributed by atoms with Crippen LogP contribution in [-0.2, 0) is 14.3 Å². The highest BCUT2D eigenvalue weighted by Gasteiger charge is 2.28. The largest absolute Gasteiger partial charge is 0.466 e. The molecule has 8 heteroatoms. The van der Waals surface area contributed by atoms with Gasteiger partial charge in [0, 0.05) is 32.0 Å². The molecule has 0 spiro atoms. The molecule has 8 nitrogen and oxygen atoms in total. The second-order valence-electron chi connectivity index (χ2n) is 6.73. The van der Waals surface area contributed by atoms with Gasteiger partial charge in [0.15, 0.2) is 5.82 Å². The molecule has 1 aliphatic rings. The molecule has 0 saturated carbocycles. The smallest absolute Gasteiger partial charge is 0.307 e. The summed E-state index contributed by atoms with van der Waals surface area (Å²) in [6, 6.07) is 9.41. The SMILES string of the molecule is CCOC(=O)CCNC(=O)[C@H]1CCCN(c2nccnc2Oc2ccccc2)C1. The molecule has 29 heavy (non-hydrogen) atoms. The summed E-state index contributed by atoms with van der Waals surface area (Å²) >= 11 is 0. The number of nitrogens with one attached hydrogen (secondary N) is 1. The lowest BCUT2D eigenvalue weighted by Crippen LogP contribution is -2.44. The van der Waals surface area contributed by atoms with E-state index in [2.05, 4.69) is 15.3 Å². The van der Waals surface area contributed by atoms with Gasteiger partial charge in [-0.05, 0) is 31.9 Å². The third kappa shape index (κ3) is 5.91. The van der Waals surface area contributed by atoms with E-state index in [0.29, 0.717) is 30.6 Å². The number of rotatable bonds is 8. The van der Waals surface area contributed by atoms with Crippen molar-refractivity contribution in [2.75, 3.05) is 31.1 Å². The molecule has 1 aliphatic heterocycles. The van der Waals surface area contributed by atoms with Crippen LogP contribution in [0.2, 0.25) is 0 Å². The minimum Gasteiger partial charge on any atom is -0.466 e. The maximum Gasteiger partial charge on any atom is 0.307 e. The van der Waals surface area contributed by atoms with Crippen molar-refractivity contribution in [2.24, 2.45) is 5.92 Å². The van der Waals surface area contributed by atoms with Crippen LogP contribution in [0.5, 0.6) is 11.6 Å². The monoisotopic (exact) mass is 398 g/mol. The lowest BCUT2D eigenvalue weighted by Gasteiger charge is -2.33. The third-order valence-electron chi connectivity index (χ3n) is 4.63. The summed E-state index contributed by atoms with van der Waals surface area (Å²) in [7, 11) is 0. The van der Waals surface area contributed by atoms with Crippen LogP contribution in [0.4, 0.5) is 5.82 Å². The van der Waals surface area contributed by atoms with Crippen molar-refractivity contribution in [3.05, 3.63) is 42.7 Å². The molecule has 2 aromatic rings. The molecular weight excluding hydrogens is 372 g/mol. The summed E-state index contributed by atoms with van der Waals surface area (Å²) in [5, 5.41) is 2.83. The van der Waals surface area contributed by atoms with Crippen LogP contribution in [-0.4, -0.2) is 48.1 Å². The van der Waals surface area contributed by atoms with Gasteiger partial charge >= 0.3 is 5.97 Å². The number of anilines is 1. The number of piperidine rings is 1. The van der Waals surface area contributed by atoms with E-state index in [1.165, 1.54) is 0 Å². The molecule has 1 fully saturated rings. The van der Waals surface area contributed by atoms with Crippen LogP contribution in [0.1, 0.15) is 26.2 Å². The molecule has 0 bridgehead atoms. The Hall–Kier alpha value is -3.16. The summed E-state index contributed by atoms with van der Waals surface area (Å²) in [5.41, 5.74) is 0. The normalized spacial score (nSPS) is 16.2. The molecule has 0 radical (unpaired) electrons. The predicted octanol–water partition coefficient (Wildman–Crippen LogP) is 2.55. The highest BCUT2D eigenvalue weighted by Crippen LogP contribution is 2.30. The second kappa shape index (κ2) is 10.4. The molecule has 2 heterocycles. The van der Waals surface area contributed by atoms with Crippen molar-refractivity contribution in [2.45, 2.75) is 26.2 Å². The van der Waals surface area contributed by atoms with Gasteiger partial charge in [0.25, 0.3) is 5.88 Å². The van der Waals surface area contributed by atoms with Crippen LogP contribution in [0, 0.1) is 5.92 Å². The maximum absolute atomic E-state index is 12.5. The van der Waals surface area contributed by atoms with E-state index in [1.807, 2.05) is 35.2 Å². The Bertz CT molecular complexity index is 815. The molecule has 0 unspecified atom stereocenters. The lowest BCUT2D eigenvalue weighted by atomic mass is 9.97. The molecule has 1 amide bonds. The van der Waals surface area contributed by atoms with E-state index >= 15 is 0 Å². The fraction of sp³-hybridized carbons (Fsp3) is 0.429. The van der Waals surface area contributed by atoms with Crippen LogP contribution < -0.4 is 15.0 Å². The van der Waals surface area contributed by atoms with Gasteiger partial charge in [-0.25, -0.2) is 9.97 Å². The number of carbonyl (C=O) groups excluding carboxylic acids is 2. The van der Waals surface area contributed by atoms with Gasteiger partial charge in [0.05, 0.1) is 18.9 Å². The van der Waals surface area contributed by atoms with Gasteiger partial charge in [-0.1, -0.05) is 18.2 Å². The maximum atomic E-state index is 12.5. The average molecular weight is 398 g/mol. The predicted molar refractivity (Wildman–Crippen MR) is 108 cm³/mol. The quantitative estimate of drug-likeness (QED) is 0.683. The van der Waals surface area contributed by atoms with Crippen LogP contribution in [0.25, 0.3) is 0 Å². The Morgan fingerprint density at radius 3 is 2.79 bits per heavy atom. The topological polar surface area (TPSA) is 93.7 Å². The summed E-state index contributed by atoms with van der Waals surface area (Å²) in [6.45, 7) is 3.68. The molecule has 0 aliphatic carbocycles. The van der Waals surface area contributed by atoms with Crippen molar-refractivity contribution in [1.29, 1.82) is 0 Å². The van der Waals surface area contributed by atoms with Gasteiger partial charge in [-0.2, -0.15) is 0 Å². The zero-order valence-corrected chi connectivity index (χ0v) is 16.5. The molecular formula is C21H26N4O4. The highest BCUT2D eigenvalue weighted by molar-refractivity contribution is 5.80. The molecule has 1 N–H and O–H groups in total. The van der Waals surface area contributed by atoms with E-state index in [9.17, 15) is 9.59 Å². The Balaban J connectivity index is 1.60. The average Bonchev–Trinajstić information content (AvgIpc) is 2.75. The van der Waals surface area contributed by atoms with Gasteiger partial charge in [0.1, 0.15) is 5.75 Å². The number of benzene rings is 1. The molecule has 3 rings (SSSR count). The van der Waals surface area contributed by atoms with Gasteiger partial charge in [-0.3, -0.25) is 9.59 Å². The number of carbonyl (C=O) groups is 2. The van der Waals surface area contributed by atoms with Crippen molar-refractivity contribution >= 4 is 17.7 Å². The zero-order valence-electron chi connectivity index (χ0n) is 16.5. The molecule has 1 aromatic heterocycles. The van der Waals surface area contributed by atoms with E-state index in [-0.39, 0.29) is 30.8 Å². The Kier molecular flexibility index (Phi) is 7.38. The Morgan fingerprint density at radius 2 is 2.00 bits per heavy atom. The van der Waals surface area contributed by atoms with Crippen molar-refractivity contribution in [1.82, 2.24) is 15.3 Å². The lowest BCUT2D eigenvalue weighted by molar-refractivity contribution is -0.143. The Labute approximate surface area is 170 Å². The number of nitrogens with zero attached hydrogens (tertiary/aromatic N) is 3. The minimum absolute atomic E-state index is 0.0617. The third-order valence-corrected chi connectivity index (χ3v) is 4.63. The summed E-state index contributed by atoms with van der Waals surface area (Å²) in [5.74, 6) is 1.17. The van der Waals surface area contributed by atoms with Crippen molar-refractivity contribution < 1.29 is 19.1 Å². The molecule has 154 valence electrons. The zero-order chi connectivity index (χ0) is 20.5. The van der Waals surface area contributed by atoms with E-state index in [4.69, 9.17) is 9.47 Å². The van der Waals surface area contributed by atoms with Crippen LogP contribution in [0.15, 0.2) is 42.7 Å². The number of amides is 1. The van der Waals surface area contributed by atoms with Crippen molar-refractivity contribution in [3.63, 3.8) is 0 Å². The summed E-state index contributed by atoms with van der Waals surface area (Å²) < 4.78 is 10.8. The standard InChI is InChI=1S/C21H26N4O4/c1-2-28-18(26)10-11-23-20(27)16-7-6-14-25(15-16)19-21(24-13-12-22-19)29-17-8-4-3-5-9-17/h3-5,8-9,12-13,16H,2,6-7,10-11,14-15H2,1H3,(H,23,27)/t16-/m0/s1. The number of ether oxygens (including phenoxy) is 2. The summed E-state index contributed by atoms with van der Waals surface area (Å²) in [6.07, 6.45) is 5.03. The van der Waals surface area contributed by atoms with E-state index < -0.39 is 0 Å². The van der Waals surface area contributed by atoms with Gasteiger partial charge < -0.3 is 19.7 Å². The Morgan fingerprint density at radius 1 is 1.21 bits per heavy atom. The van der Waals surface area contributed by atoms with E-state index in [0.717, 1.165) is 19.4 Å². The van der Waals surface area contributed by atoms with Gasteiger partial charge in [-0.15, -0.1) is 0 Å². The summed E-state index contributed by atoms with van der Waals surface area (Å²) in [4.78, 5) is 34.8.